The van der Waals surface area contributed by atoms with Crippen LogP contribution in [0.3, 0.4) is 0 Å². The second kappa shape index (κ2) is 19.7. The number of hydrogen-bond acceptors (Lipinski definition) is 7. The van der Waals surface area contributed by atoms with Crippen molar-refractivity contribution >= 4 is 35.6 Å². The summed E-state index contributed by atoms with van der Waals surface area (Å²) in [7, 11) is 1.44. The van der Waals surface area contributed by atoms with E-state index in [0.29, 0.717) is 25.8 Å². The summed E-state index contributed by atoms with van der Waals surface area (Å²) in [4.78, 5) is 60.7. The van der Waals surface area contributed by atoms with Gasteiger partial charge in [-0.2, -0.15) is 0 Å². The minimum absolute atomic E-state index is 0.0594. The van der Waals surface area contributed by atoms with Gasteiger partial charge in [0, 0.05) is 39.0 Å². The predicted molar refractivity (Wildman–Crippen MR) is 170 cm³/mol. The largest absolute Gasteiger partial charge is 0.480 e. The Morgan fingerprint density at radius 3 is 1.98 bits per heavy atom. The van der Waals surface area contributed by atoms with Crippen LogP contribution in [0.25, 0.3) is 0 Å². The van der Waals surface area contributed by atoms with Gasteiger partial charge < -0.3 is 49.3 Å². The quantitative estimate of drug-likeness (QED) is 0.0500. The molecule has 0 saturated carbocycles. The highest BCUT2D eigenvalue weighted by Gasteiger charge is 2.31. The smallest absolute Gasteiger partial charge is 0.326 e. The standard InChI is InChI=1S/C29H50N10O5/c1-18(2)15-20(17-24(40)39(3)23(27(43)44)16-19-9-5-4-6-10-19)37-26(42)22(12-8-14-36-29(33)34)38-25(41)21(30)11-7-13-35-28(31)32/h4-6,9-10,18,20-23H,7-8,11-17,30H2,1-3H3,(H,37,42)(H,38,41)(H,43,44)(H4,31,32,35)(H4,33,34,36)/t20-,21-,22-,23-/m0/s1. The topological polar surface area (TPSA) is 271 Å². The van der Waals surface area contributed by atoms with Crippen molar-refractivity contribution in [1.82, 2.24) is 15.5 Å². The number of nitrogens with one attached hydrogen (secondary N) is 2. The second-order valence-corrected chi connectivity index (χ2v) is 11.2. The maximum Gasteiger partial charge on any atom is 0.326 e. The molecule has 0 saturated heterocycles. The first-order valence-corrected chi connectivity index (χ1v) is 14.7. The number of nitrogens with two attached hydrogens (primary N) is 5. The third kappa shape index (κ3) is 15.2. The van der Waals surface area contributed by atoms with Gasteiger partial charge in [0.05, 0.1) is 6.04 Å². The first kappa shape index (κ1) is 37.6. The molecule has 0 fully saturated rings. The van der Waals surface area contributed by atoms with Crippen molar-refractivity contribution in [2.75, 3.05) is 20.1 Å². The fraction of sp³-hybridized carbons (Fsp3) is 0.586. The average Bonchev–Trinajstić information content (AvgIpc) is 2.94. The van der Waals surface area contributed by atoms with Crippen molar-refractivity contribution in [3.8, 4) is 0 Å². The third-order valence-electron chi connectivity index (χ3n) is 6.82. The molecule has 4 atom stereocenters. The Kier molecular flexibility index (Phi) is 16.9. The van der Waals surface area contributed by atoms with E-state index in [1.54, 1.807) is 24.3 Å². The zero-order valence-electron chi connectivity index (χ0n) is 25.9. The normalized spacial score (nSPS) is 13.6. The summed E-state index contributed by atoms with van der Waals surface area (Å²) < 4.78 is 0. The van der Waals surface area contributed by atoms with Gasteiger partial charge in [-0.15, -0.1) is 0 Å². The average molecular weight is 619 g/mol. The molecule has 0 spiro atoms. The fourth-order valence-electron chi connectivity index (χ4n) is 4.52. The van der Waals surface area contributed by atoms with Crippen molar-refractivity contribution < 1.29 is 24.3 Å². The molecule has 13 N–H and O–H groups in total. The Hall–Kier alpha value is -4.40. The van der Waals surface area contributed by atoms with Gasteiger partial charge in [-0.25, -0.2) is 4.79 Å². The lowest BCUT2D eigenvalue weighted by Gasteiger charge is -2.29. The van der Waals surface area contributed by atoms with E-state index in [-0.39, 0.29) is 50.1 Å². The monoisotopic (exact) mass is 618 g/mol. The van der Waals surface area contributed by atoms with Gasteiger partial charge in [0.2, 0.25) is 17.7 Å². The Morgan fingerprint density at radius 2 is 1.45 bits per heavy atom. The highest BCUT2D eigenvalue weighted by molar-refractivity contribution is 5.90. The Labute approximate surface area is 259 Å². The Morgan fingerprint density at radius 1 is 0.886 bits per heavy atom. The molecule has 0 heterocycles. The number of hydrogen-bond donors (Lipinski definition) is 8. The minimum atomic E-state index is -1.13. The van der Waals surface area contributed by atoms with Crippen LogP contribution in [0.1, 0.15) is 57.9 Å². The number of nitrogens with zero attached hydrogens (tertiary/aromatic N) is 3. The number of carboxylic acid groups (broad SMARTS) is 1. The number of benzene rings is 1. The Balaban J connectivity index is 3.01. The highest BCUT2D eigenvalue weighted by atomic mass is 16.4. The van der Waals surface area contributed by atoms with Gasteiger partial charge in [0.25, 0.3) is 0 Å². The summed E-state index contributed by atoms with van der Waals surface area (Å²) in [5.41, 5.74) is 28.3. The van der Waals surface area contributed by atoms with E-state index in [1.165, 1.54) is 11.9 Å². The molecular formula is C29H50N10O5. The molecule has 1 rings (SSSR count). The van der Waals surface area contributed by atoms with Gasteiger partial charge in [-0.3, -0.25) is 24.4 Å². The second-order valence-electron chi connectivity index (χ2n) is 11.2. The number of guanidine groups is 2. The predicted octanol–water partition coefficient (Wildman–Crippen LogP) is -1.02. The van der Waals surface area contributed by atoms with Crippen LogP contribution in [0.15, 0.2) is 40.3 Å². The van der Waals surface area contributed by atoms with Crippen molar-refractivity contribution in [3.63, 3.8) is 0 Å². The lowest BCUT2D eigenvalue weighted by Crippen LogP contribution is -2.54. The molecule has 44 heavy (non-hydrogen) atoms. The summed E-state index contributed by atoms with van der Waals surface area (Å²) in [6, 6.07) is 5.44. The van der Waals surface area contributed by atoms with Crippen molar-refractivity contribution in [2.24, 2.45) is 44.6 Å². The Bertz CT molecular complexity index is 1120. The van der Waals surface area contributed by atoms with Gasteiger partial charge in [-0.05, 0) is 43.6 Å². The molecule has 15 heteroatoms. The van der Waals surface area contributed by atoms with E-state index < -0.39 is 47.9 Å². The number of carbonyl (C=O) groups excluding carboxylic acids is 3. The van der Waals surface area contributed by atoms with Crippen LogP contribution in [0.5, 0.6) is 0 Å². The zero-order chi connectivity index (χ0) is 33.2. The fourth-order valence-corrected chi connectivity index (χ4v) is 4.52. The van der Waals surface area contributed by atoms with E-state index in [4.69, 9.17) is 28.7 Å². The lowest BCUT2D eigenvalue weighted by molar-refractivity contribution is -0.149. The summed E-state index contributed by atoms with van der Waals surface area (Å²) >= 11 is 0. The molecule has 0 bridgehead atoms. The number of amides is 3. The van der Waals surface area contributed by atoms with E-state index in [9.17, 15) is 24.3 Å². The van der Waals surface area contributed by atoms with Crippen molar-refractivity contribution in [2.45, 2.75) is 83.0 Å². The molecule has 15 nitrogen and oxygen atoms in total. The maximum absolute atomic E-state index is 13.5. The number of aliphatic imine (C=N–C) groups is 2. The molecular weight excluding hydrogens is 568 g/mol. The van der Waals surface area contributed by atoms with Crippen LogP contribution < -0.4 is 39.3 Å². The van der Waals surface area contributed by atoms with E-state index in [0.717, 1.165) is 5.56 Å². The molecule has 1 aromatic carbocycles. The zero-order valence-corrected chi connectivity index (χ0v) is 25.9. The molecule has 246 valence electrons. The number of carboxylic acids is 1. The maximum atomic E-state index is 13.5. The van der Waals surface area contributed by atoms with Crippen molar-refractivity contribution in [3.05, 3.63) is 35.9 Å². The van der Waals surface area contributed by atoms with Crippen LogP contribution >= 0.6 is 0 Å². The SMILES string of the molecule is CC(C)C[C@@H](CC(=O)N(C)[C@@H](Cc1ccccc1)C(=O)O)NC(=O)[C@H](CCCN=C(N)N)NC(=O)[C@@H](N)CCCN=C(N)N. The van der Waals surface area contributed by atoms with Gasteiger partial charge in [-0.1, -0.05) is 44.2 Å². The molecule has 3 amide bonds. The van der Waals surface area contributed by atoms with Crippen LogP contribution in [0.2, 0.25) is 0 Å². The van der Waals surface area contributed by atoms with Gasteiger partial charge >= 0.3 is 5.97 Å². The molecule has 0 aliphatic carbocycles. The van der Waals surface area contributed by atoms with Crippen molar-refractivity contribution in [1.29, 1.82) is 0 Å². The summed E-state index contributed by atoms with van der Waals surface area (Å²) in [6.07, 6.45) is 1.78. The number of likely N-dealkylation sites (N-methyl/N-ethyl adjacent to an activating group) is 1. The third-order valence-corrected chi connectivity index (χ3v) is 6.82. The molecule has 1 aromatic rings. The van der Waals surface area contributed by atoms with E-state index in [2.05, 4.69) is 20.6 Å². The van der Waals surface area contributed by atoms with Crippen LogP contribution in [-0.4, -0.2) is 89.9 Å². The minimum Gasteiger partial charge on any atom is -0.480 e. The molecule has 0 aromatic heterocycles. The first-order chi connectivity index (χ1) is 20.7. The van der Waals surface area contributed by atoms with Crippen LogP contribution in [0, 0.1) is 5.92 Å². The van der Waals surface area contributed by atoms with E-state index in [1.807, 2.05) is 19.9 Å². The molecule has 0 aliphatic rings. The first-order valence-electron chi connectivity index (χ1n) is 14.7. The number of carbonyl (C=O) groups is 4. The summed E-state index contributed by atoms with van der Waals surface area (Å²) in [6.45, 7) is 4.43. The molecule has 0 radical (unpaired) electrons. The summed E-state index contributed by atoms with van der Waals surface area (Å²) in [5.74, 6) is -2.65. The lowest BCUT2D eigenvalue weighted by atomic mass is 9.98. The number of aliphatic carboxylic acids is 1. The highest BCUT2D eigenvalue weighted by Crippen LogP contribution is 2.14. The molecule has 0 unspecified atom stereocenters. The number of rotatable bonds is 20. The van der Waals surface area contributed by atoms with Gasteiger partial charge in [0.1, 0.15) is 12.1 Å². The van der Waals surface area contributed by atoms with Gasteiger partial charge in [0.15, 0.2) is 11.9 Å². The van der Waals surface area contributed by atoms with E-state index >= 15 is 0 Å². The molecule has 0 aliphatic heterocycles. The summed E-state index contributed by atoms with van der Waals surface area (Å²) in [5, 5.41) is 15.4. The van der Waals surface area contributed by atoms with Crippen LogP contribution in [0.4, 0.5) is 0 Å². The van der Waals surface area contributed by atoms with Crippen LogP contribution in [-0.2, 0) is 25.6 Å².